The largest absolute Gasteiger partial charge is 0.436 e. The maximum atomic E-state index is 13.5. The molecular formula is C23H27Cl2F3N6O. The highest BCUT2D eigenvalue weighted by atomic mass is 35.5. The minimum atomic E-state index is -4.58. The van der Waals surface area contributed by atoms with Crippen molar-refractivity contribution in [2.45, 2.75) is 82.0 Å². The molecule has 5 aliphatic rings. The van der Waals surface area contributed by atoms with Gasteiger partial charge in [0.1, 0.15) is 6.33 Å². The van der Waals surface area contributed by atoms with Crippen molar-refractivity contribution >= 4 is 29.1 Å². The summed E-state index contributed by atoms with van der Waals surface area (Å²) in [6.45, 7) is 0.655. The lowest BCUT2D eigenvalue weighted by atomic mass is 9.46. The third-order valence-electron chi connectivity index (χ3n) is 8.46. The Morgan fingerprint density at radius 2 is 1.86 bits per heavy atom. The third kappa shape index (κ3) is 4.04. The van der Waals surface area contributed by atoms with Crippen molar-refractivity contribution in [3.05, 3.63) is 28.0 Å². The van der Waals surface area contributed by atoms with E-state index < -0.39 is 17.3 Å². The van der Waals surface area contributed by atoms with Crippen LogP contribution in [-0.2, 0) is 23.1 Å². The number of rotatable bonds is 7. The molecule has 2 atom stereocenters. The second kappa shape index (κ2) is 8.10. The monoisotopic (exact) mass is 530 g/mol. The number of carbonyl (C=O) groups is 1. The molecule has 0 saturated heterocycles. The van der Waals surface area contributed by atoms with Crippen molar-refractivity contribution in [2.24, 2.45) is 17.3 Å². The predicted octanol–water partition coefficient (Wildman–Crippen LogP) is 5.18. The summed E-state index contributed by atoms with van der Waals surface area (Å²) in [7, 11) is 0. The van der Waals surface area contributed by atoms with Crippen LogP contribution in [0.3, 0.4) is 0 Å². The highest BCUT2D eigenvalue weighted by Gasteiger charge is 2.61. The van der Waals surface area contributed by atoms with E-state index in [0.717, 1.165) is 44.9 Å². The first-order chi connectivity index (χ1) is 16.6. The van der Waals surface area contributed by atoms with Crippen molar-refractivity contribution < 1.29 is 18.0 Å². The predicted molar refractivity (Wildman–Crippen MR) is 122 cm³/mol. The summed E-state index contributed by atoms with van der Waals surface area (Å²) >= 11 is 12.1. The molecule has 35 heavy (non-hydrogen) atoms. The quantitative estimate of drug-likeness (QED) is 0.500. The van der Waals surface area contributed by atoms with Crippen LogP contribution in [-0.4, -0.2) is 37.0 Å². The van der Waals surface area contributed by atoms with E-state index in [1.807, 2.05) is 4.68 Å². The molecule has 0 aliphatic heterocycles. The van der Waals surface area contributed by atoms with Gasteiger partial charge in [0, 0.05) is 19.0 Å². The number of amides is 1. The van der Waals surface area contributed by atoms with E-state index in [-0.39, 0.29) is 34.2 Å². The maximum Gasteiger partial charge on any atom is 0.436 e. The van der Waals surface area contributed by atoms with Gasteiger partial charge < -0.3 is 5.32 Å². The lowest BCUT2D eigenvalue weighted by Gasteiger charge is -2.60. The minimum absolute atomic E-state index is 0.0363. The summed E-state index contributed by atoms with van der Waals surface area (Å²) in [5.74, 6) is 1.02. The molecule has 5 aliphatic carbocycles. The molecule has 0 aromatic carbocycles. The smallest absolute Gasteiger partial charge is 0.356 e. The van der Waals surface area contributed by atoms with Gasteiger partial charge in [0.25, 0.3) is 0 Å². The van der Waals surface area contributed by atoms with E-state index in [2.05, 4.69) is 20.5 Å². The Bertz CT molecular complexity index is 1140. The first-order valence-corrected chi connectivity index (χ1v) is 13.0. The lowest BCUT2D eigenvalue weighted by Crippen LogP contribution is -2.61. The van der Waals surface area contributed by atoms with Crippen LogP contribution < -0.4 is 5.32 Å². The maximum absolute atomic E-state index is 13.5. The van der Waals surface area contributed by atoms with Crippen molar-refractivity contribution in [2.75, 3.05) is 6.54 Å². The standard InChI is InChI=1S/C23H27Cl2F3N6O/c24-16-17(15-2-3-15)33(31-18(16)23(26,27)28)5-1-4-29-19(35)21-7-13-6-14(8-21)10-22(9-13,11-21)34-12-30-20(25)32-34/h12-15H,1-11H2,(H,29,35). The van der Waals surface area contributed by atoms with Crippen LogP contribution in [0.5, 0.6) is 0 Å². The van der Waals surface area contributed by atoms with Crippen molar-refractivity contribution in [3.8, 4) is 0 Å². The van der Waals surface area contributed by atoms with Crippen LogP contribution in [0.4, 0.5) is 13.2 Å². The first-order valence-electron chi connectivity index (χ1n) is 12.3. The van der Waals surface area contributed by atoms with Crippen LogP contribution in [0.1, 0.15) is 75.1 Å². The van der Waals surface area contributed by atoms with Crippen LogP contribution in [0.25, 0.3) is 0 Å². The summed E-state index contributed by atoms with van der Waals surface area (Å²) in [4.78, 5) is 17.6. The number of aryl methyl sites for hydroxylation is 1. The van der Waals surface area contributed by atoms with E-state index in [4.69, 9.17) is 23.2 Å². The average Bonchev–Trinajstić information content (AvgIpc) is 3.40. The molecule has 2 aromatic heterocycles. The van der Waals surface area contributed by atoms with Gasteiger partial charge in [0.05, 0.1) is 21.7 Å². The van der Waals surface area contributed by atoms with Crippen molar-refractivity contribution in [1.29, 1.82) is 0 Å². The molecule has 0 radical (unpaired) electrons. The Balaban J connectivity index is 1.13. The number of nitrogens with one attached hydrogen (secondary N) is 1. The Kier molecular flexibility index (Phi) is 5.45. The third-order valence-corrected chi connectivity index (χ3v) is 9.00. The summed E-state index contributed by atoms with van der Waals surface area (Å²) in [5.41, 5.74) is -1.21. The number of hydrogen-bond donors (Lipinski definition) is 1. The van der Waals surface area contributed by atoms with E-state index in [1.165, 1.54) is 4.68 Å². The van der Waals surface area contributed by atoms with Crippen molar-refractivity contribution in [3.63, 3.8) is 0 Å². The topological polar surface area (TPSA) is 77.6 Å². The zero-order valence-corrected chi connectivity index (χ0v) is 20.6. The van der Waals surface area contributed by atoms with Crippen LogP contribution in [0.2, 0.25) is 10.3 Å². The van der Waals surface area contributed by atoms with Gasteiger partial charge in [-0.05, 0) is 81.2 Å². The van der Waals surface area contributed by atoms with E-state index >= 15 is 0 Å². The summed E-state index contributed by atoms with van der Waals surface area (Å²) < 4.78 is 43.2. The van der Waals surface area contributed by atoms with Crippen LogP contribution in [0.15, 0.2) is 6.33 Å². The van der Waals surface area contributed by atoms with E-state index in [0.29, 0.717) is 36.9 Å². The number of nitrogens with zero attached hydrogens (tertiary/aromatic N) is 5. The van der Waals surface area contributed by atoms with E-state index in [1.54, 1.807) is 6.33 Å². The minimum Gasteiger partial charge on any atom is -0.356 e. The summed E-state index contributed by atoms with van der Waals surface area (Å²) in [6, 6.07) is 0. The van der Waals surface area contributed by atoms with Gasteiger partial charge >= 0.3 is 6.18 Å². The molecule has 2 aromatic rings. The van der Waals surface area contributed by atoms with Crippen LogP contribution in [0, 0.1) is 17.3 Å². The Morgan fingerprint density at radius 3 is 2.46 bits per heavy atom. The molecule has 5 fully saturated rings. The SMILES string of the molecule is O=C(NCCCn1nc(C(F)(F)F)c(Cl)c1C1CC1)C12CC3CC(C1)CC(n1cnc(Cl)n1)(C3)C2. The normalized spacial score (nSPS) is 31.8. The molecule has 190 valence electrons. The Hall–Kier alpha value is -1.81. The fraction of sp³-hybridized carbons (Fsp3) is 0.739. The lowest BCUT2D eigenvalue weighted by molar-refractivity contribution is -0.156. The fourth-order valence-corrected chi connectivity index (χ4v) is 7.91. The zero-order chi connectivity index (χ0) is 24.6. The molecule has 4 bridgehead atoms. The van der Waals surface area contributed by atoms with Gasteiger partial charge in [0.15, 0.2) is 5.69 Å². The second-order valence-corrected chi connectivity index (χ2v) is 11.8. The van der Waals surface area contributed by atoms with Crippen molar-refractivity contribution in [1.82, 2.24) is 29.9 Å². The molecule has 2 unspecified atom stereocenters. The molecule has 0 spiro atoms. The molecule has 2 heterocycles. The number of alkyl halides is 3. The average molecular weight is 531 g/mol. The van der Waals surface area contributed by atoms with Gasteiger partial charge in [0.2, 0.25) is 11.2 Å². The van der Waals surface area contributed by atoms with Gasteiger partial charge in [-0.2, -0.15) is 18.3 Å². The molecule has 5 saturated carbocycles. The second-order valence-electron chi connectivity index (χ2n) is 11.1. The molecular weight excluding hydrogens is 504 g/mol. The number of carbonyl (C=O) groups excluding carboxylic acids is 1. The summed E-state index contributed by atoms with van der Waals surface area (Å²) in [6.07, 6.45) is 4.81. The molecule has 7 nitrogen and oxygen atoms in total. The molecule has 7 rings (SSSR count). The van der Waals surface area contributed by atoms with Crippen LogP contribution >= 0.6 is 23.2 Å². The van der Waals surface area contributed by atoms with Gasteiger partial charge in [-0.25, -0.2) is 9.67 Å². The zero-order valence-electron chi connectivity index (χ0n) is 19.1. The number of aromatic nitrogens is 5. The van der Waals surface area contributed by atoms with Gasteiger partial charge in [-0.15, -0.1) is 5.10 Å². The molecule has 1 N–H and O–H groups in total. The Labute approximate surface area is 210 Å². The van der Waals surface area contributed by atoms with E-state index in [9.17, 15) is 18.0 Å². The van der Waals surface area contributed by atoms with Gasteiger partial charge in [-0.1, -0.05) is 11.6 Å². The molecule has 12 heteroatoms. The summed E-state index contributed by atoms with van der Waals surface area (Å²) in [5, 5.41) is 11.2. The highest BCUT2D eigenvalue weighted by Crippen LogP contribution is 2.64. The number of hydrogen-bond acceptors (Lipinski definition) is 4. The number of halogens is 5. The highest BCUT2D eigenvalue weighted by molar-refractivity contribution is 6.32. The fourth-order valence-electron chi connectivity index (χ4n) is 7.39. The first kappa shape index (κ1) is 23.6. The Morgan fingerprint density at radius 1 is 1.14 bits per heavy atom. The van der Waals surface area contributed by atoms with Gasteiger partial charge in [-0.3, -0.25) is 9.48 Å². The molecule has 1 amide bonds.